The summed E-state index contributed by atoms with van der Waals surface area (Å²) in [7, 11) is 1.59. The Balaban J connectivity index is 1.51. The fraction of sp³-hybridized carbons (Fsp3) is 0.136. The maximum Gasteiger partial charge on any atom is 0.259 e. The summed E-state index contributed by atoms with van der Waals surface area (Å²) in [5.74, 6) is 1.46. The molecule has 146 valence electrons. The molecule has 0 spiro atoms. The van der Waals surface area contributed by atoms with Crippen LogP contribution in [-0.4, -0.2) is 34.3 Å². The monoisotopic (exact) mass is 422 g/mol. The van der Waals surface area contributed by atoms with Gasteiger partial charge in [0.2, 0.25) is 0 Å². The first-order valence-corrected chi connectivity index (χ1v) is 10.4. The maximum absolute atomic E-state index is 11.8. The van der Waals surface area contributed by atoms with Gasteiger partial charge in [0.05, 0.1) is 19.1 Å². The molecular weight excluding hydrogens is 404 g/mol. The summed E-state index contributed by atoms with van der Waals surface area (Å²) in [6, 6.07) is 19.9. The number of thioether (sulfide) groups is 1. The molecule has 3 aromatic rings. The summed E-state index contributed by atoms with van der Waals surface area (Å²) in [5, 5.41) is 7.78. The third-order valence-electron chi connectivity index (χ3n) is 4.50. The van der Waals surface area contributed by atoms with Gasteiger partial charge in [0.1, 0.15) is 6.61 Å². The molecule has 1 fully saturated rings. The Kier molecular flexibility index (Phi) is 5.78. The number of carbonyl (C=O) groups excluding carboxylic acids is 1. The van der Waals surface area contributed by atoms with E-state index in [0.717, 1.165) is 11.1 Å². The van der Waals surface area contributed by atoms with E-state index in [4.69, 9.17) is 21.7 Å². The van der Waals surface area contributed by atoms with Crippen LogP contribution in [0, 0.1) is 0 Å². The number of nitrogens with zero attached hydrogens (tertiary/aromatic N) is 2. The first kappa shape index (κ1) is 19.4. The molecule has 3 aromatic carbocycles. The van der Waals surface area contributed by atoms with Gasteiger partial charge in [-0.1, -0.05) is 66.4 Å². The molecule has 1 amide bonds. The zero-order valence-corrected chi connectivity index (χ0v) is 17.3. The highest BCUT2D eigenvalue weighted by Gasteiger charge is 2.25. The van der Waals surface area contributed by atoms with Gasteiger partial charge in [0.25, 0.3) is 5.91 Å². The minimum Gasteiger partial charge on any atom is -0.493 e. The van der Waals surface area contributed by atoms with E-state index >= 15 is 0 Å². The van der Waals surface area contributed by atoms with Gasteiger partial charge >= 0.3 is 0 Å². The van der Waals surface area contributed by atoms with Gasteiger partial charge in [-0.05, 0) is 40.1 Å². The summed E-state index contributed by atoms with van der Waals surface area (Å²) in [6.07, 6.45) is 1.59. The number of rotatable bonds is 6. The summed E-state index contributed by atoms with van der Waals surface area (Å²) in [5.41, 5.74) is 1.89. The molecule has 0 saturated carbocycles. The minimum absolute atomic E-state index is 0.113. The van der Waals surface area contributed by atoms with E-state index in [9.17, 15) is 4.79 Å². The first-order chi connectivity index (χ1) is 14.2. The van der Waals surface area contributed by atoms with Gasteiger partial charge in [-0.15, -0.1) is 0 Å². The molecule has 1 saturated heterocycles. The Labute approximate surface area is 178 Å². The van der Waals surface area contributed by atoms with Crippen molar-refractivity contribution in [2.75, 3.05) is 12.9 Å². The van der Waals surface area contributed by atoms with Crippen LogP contribution >= 0.6 is 24.0 Å². The second-order valence-electron chi connectivity index (χ2n) is 6.34. The SMILES string of the molecule is COc1cc(/C=N/N2C(=O)CSC2=S)ccc1OCc1cccc2ccccc12. The first-order valence-electron chi connectivity index (χ1n) is 8.97. The van der Waals surface area contributed by atoms with E-state index in [-0.39, 0.29) is 5.91 Å². The molecule has 1 heterocycles. The number of thiocarbonyl (C=S) groups is 1. The van der Waals surface area contributed by atoms with Crippen molar-refractivity contribution in [2.45, 2.75) is 6.61 Å². The lowest BCUT2D eigenvalue weighted by atomic mass is 10.1. The van der Waals surface area contributed by atoms with Gasteiger partial charge in [-0.25, -0.2) is 0 Å². The van der Waals surface area contributed by atoms with Crippen molar-refractivity contribution in [1.29, 1.82) is 0 Å². The van der Waals surface area contributed by atoms with Gasteiger partial charge in [0.15, 0.2) is 15.8 Å². The number of hydrazone groups is 1. The lowest BCUT2D eigenvalue weighted by Crippen LogP contribution is -2.22. The molecule has 0 radical (unpaired) electrons. The smallest absolute Gasteiger partial charge is 0.259 e. The van der Waals surface area contributed by atoms with Crippen molar-refractivity contribution in [3.8, 4) is 11.5 Å². The Morgan fingerprint density at radius 2 is 1.97 bits per heavy atom. The molecule has 0 aromatic heterocycles. The predicted octanol–water partition coefficient (Wildman–Crippen LogP) is 4.62. The van der Waals surface area contributed by atoms with Crippen LogP contribution < -0.4 is 9.47 Å². The largest absolute Gasteiger partial charge is 0.493 e. The van der Waals surface area contributed by atoms with Crippen molar-refractivity contribution in [1.82, 2.24) is 5.01 Å². The van der Waals surface area contributed by atoms with Crippen LogP contribution in [0.5, 0.6) is 11.5 Å². The van der Waals surface area contributed by atoms with Crippen LogP contribution in [0.25, 0.3) is 10.8 Å². The molecular formula is C22H18N2O3S2. The number of ether oxygens (including phenoxy) is 2. The summed E-state index contributed by atoms with van der Waals surface area (Å²) >= 11 is 6.44. The standard InChI is InChI=1S/C22H18N2O3S2/c1-26-20-11-15(12-23-24-21(25)14-29-22(24)28)9-10-19(20)27-13-17-7-4-6-16-5-2-3-8-18(16)17/h2-12H,13-14H2,1H3/b23-12+. The van der Waals surface area contributed by atoms with Crippen LogP contribution in [0.2, 0.25) is 0 Å². The normalized spacial score (nSPS) is 14.2. The molecule has 1 aliphatic rings. The average molecular weight is 423 g/mol. The summed E-state index contributed by atoms with van der Waals surface area (Å²) < 4.78 is 12.0. The van der Waals surface area contributed by atoms with E-state index in [0.29, 0.717) is 28.2 Å². The quantitative estimate of drug-likeness (QED) is 0.429. The van der Waals surface area contributed by atoms with Gasteiger partial charge in [-0.3, -0.25) is 4.79 Å². The lowest BCUT2D eigenvalue weighted by molar-refractivity contribution is -0.123. The Morgan fingerprint density at radius 3 is 2.76 bits per heavy atom. The van der Waals surface area contributed by atoms with E-state index in [2.05, 4.69) is 29.4 Å². The molecule has 0 bridgehead atoms. The Morgan fingerprint density at radius 1 is 1.14 bits per heavy atom. The Bertz CT molecular complexity index is 1090. The number of methoxy groups -OCH3 is 1. The molecule has 0 N–H and O–H groups in total. The van der Waals surface area contributed by atoms with Crippen molar-refractivity contribution in [3.63, 3.8) is 0 Å². The molecule has 1 aliphatic heterocycles. The highest BCUT2D eigenvalue weighted by atomic mass is 32.2. The van der Waals surface area contributed by atoms with Crippen LogP contribution in [-0.2, 0) is 11.4 Å². The maximum atomic E-state index is 11.8. The number of amides is 1. The number of hydrogen-bond acceptors (Lipinski definition) is 6. The molecule has 7 heteroatoms. The van der Waals surface area contributed by atoms with Gasteiger partial charge in [0, 0.05) is 0 Å². The fourth-order valence-electron chi connectivity index (χ4n) is 3.04. The van der Waals surface area contributed by atoms with E-state index in [1.165, 1.54) is 27.5 Å². The van der Waals surface area contributed by atoms with Crippen LogP contribution in [0.1, 0.15) is 11.1 Å². The molecule has 0 unspecified atom stereocenters. The van der Waals surface area contributed by atoms with Crippen molar-refractivity contribution < 1.29 is 14.3 Å². The van der Waals surface area contributed by atoms with Crippen LogP contribution in [0.15, 0.2) is 65.8 Å². The number of carbonyl (C=O) groups is 1. The van der Waals surface area contributed by atoms with Gasteiger partial charge < -0.3 is 9.47 Å². The van der Waals surface area contributed by atoms with E-state index in [1.807, 2.05) is 36.4 Å². The number of benzene rings is 3. The molecule has 4 rings (SSSR count). The molecule has 29 heavy (non-hydrogen) atoms. The number of fused-ring (bicyclic) bond motifs is 1. The van der Waals surface area contributed by atoms with Crippen LogP contribution in [0.4, 0.5) is 0 Å². The van der Waals surface area contributed by atoms with E-state index < -0.39 is 0 Å². The fourth-order valence-corrected chi connectivity index (χ4v) is 4.01. The molecule has 5 nitrogen and oxygen atoms in total. The van der Waals surface area contributed by atoms with Crippen molar-refractivity contribution >= 4 is 51.2 Å². The van der Waals surface area contributed by atoms with Crippen LogP contribution in [0.3, 0.4) is 0 Å². The van der Waals surface area contributed by atoms with Crippen molar-refractivity contribution in [2.24, 2.45) is 5.10 Å². The predicted molar refractivity (Wildman–Crippen MR) is 121 cm³/mol. The second-order valence-corrected chi connectivity index (χ2v) is 7.95. The summed E-state index contributed by atoms with van der Waals surface area (Å²) in [6.45, 7) is 0.429. The third-order valence-corrected chi connectivity index (χ3v) is 5.84. The Hall–Kier alpha value is -2.90. The average Bonchev–Trinajstić information content (AvgIpc) is 3.08. The highest BCUT2D eigenvalue weighted by Crippen LogP contribution is 2.29. The molecule has 0 atom stereocenters. The van der Waals surface area contributed by atoms with Gasteiger partial charge in [-0.2, -0.15) is 10.1 Å². The van der Waals surface area contributed by atoms with E-state index in [1.54, 1.807) is 13.3 Å². The zero-order valence-electron chi connectivity index (χ0n) is 15.7. The van der Waals surface area contributed by atoms with Crippen molar-refractivity contribution in [3.05, 3.63) is 71.8 Å². The topological polar surface area (TPSA) is 51.1 Å². The third kappa shape index (κ3) is 4.26. The number of hydrogen-bond donors (Lipinski definition) is 0. The second kappa shape index (κ2) is 8.63. The summed E-state index contributed by atoms with van der Waals surface area (Å²) in [4.78, 5) is 11.8. The lowest BCUT2D eigenvalue weighted by Gasteiger charge is -2.13. The molecule has 0 aliphatic carbocycles. The highest BCUT2D eigenvalue weighted by molar-refractivity contribution is 8.23. The minimum atomic E-state index is -0.113. The zero-order chi connectivity index (χ0) is 20.2.